The average molecular weight is 240 g/mol. The van der Waals surface area contributed by atoms with Crippen molar-refractivity contribution >= 4 is 0 Å². The molecule has 1 fully saturated rings. The van der Waals surface area contributed by atoms with Crippen LogP contribution in [0, 0.1) is 6.92 Å². The number of aromatic nitrogens is 2. The van der Waals surface area contributed by atoms with E-state index in [-0.39, 0.29) is 18.2 Å². The lowest BCUT2D eigenvalue weighted by atomic mass is 10.1. The molecule has 92 valence electrons. The minimum absolute atomic E-state index is 0.144. The first-order valence-corrected chi connectivity index (χ1v) is 5.32. The van der Waals surface area contributed by atoms with Gasteiger partial charge >= 0.3 is 6.01 Å². The van der Waals surface area contributed by atoms with Crippen molar-refractivity contribution in [1.82, 2.24) is 9.55 Å². The fourth-order valence-electron chi connectivity index (χ4n) is 2.16. The summed E-state index contributed by atoms with van der Waals surface area (Å²) < 4.78 is 12.4. The summed E-state index contributed by atoms with van der Waals surface area (Å²) in [6, 6.07) is 0.144. The zero-order valence-electron chi connectivity index (χ0n) is 9.11. The lowest BCUT2D eigenvalue weighted by Gasteiger charge is -2.14. The van der Waals surface area contributed by atoms with Crippen molar-refractivity contribution in [2.75, 3.05) is 6.61 Å². The average Bonchev–Trinajstić information content (AvgIpc) is 2.78. The Balaban J connectivity index is 2.02. The van der Waals surface area contributed by atoms with E-state index < -0.39 is 24.5 Å². The zero-order valence-corrected chi connectivity index (χ0v) is 9.11. The van der Waals surface area contributed by atoms with E-state index in [0.29, 0.717) is 5.56 Å². The third-order valence-electron chi connectivity index (χ3n) is 3.10. The van der Waals surface area contributed by atoms with Gasteiger partial charge in [0.15, 0.2) is 12.3 Å². The van der Waals surface area contributed by atoms with Gasteiger partial charge in [-0.15, -0.1) is 0 Å². The van der Waals surface area contributed by atoms with Gasteiger partial charge < -0.3 is 19.7 Å². The van der Waals surface area contributed by atoms with Gasteiger partial charge in [0.2, 0.25) is 0 Å². The molecular weight excluding hydrogens is 228 g/mol. The summed E-state index contributed by atoms with van der Waals surface area (Å²) in [5, 5.41) is 18.9. The minimum Gasteiger partial charge on any atom is -0.453 e. The van der Waals surface area contributed by atoms with Crippen LogP contribution >= 0.6 is 0 Å². The Labute approximate surface area is 96.2 Å². The molecule has 0 bridgehead atoms. The molecule has 0 aromatic carbocycles. The first kappa shape index (κ1) is 10.7. The molecular formula is C10H12N2O5. The number of rotatable bonds is 1. The van der Waals surface area contributed by atoms with Crippen molar-refractivity contribution in [1.29, 1.82) is 0 Å². The van der Waals surface area contributed by atoms with Gasteiger partial charge in [0.1, 0.15) is 12.2 Å². The molecule has 0 radical (unpaired) electrons. The lowest BCUT2D eigenvalue weighted by molar-refractivity contribution is -0.0435. The van der Waals surface area contributed by atoms with E-state index in [0.717, 1.165) is 0 Å². The SMILES string of the molecule is Cc1cn2c(nc1=O)OC1C2O[C@H](CO)[C@@H]1O. The van der Waals surface area contributed by atoms with Gasteiger partial charge in [-0.05, 0) is 6.92 Å². The van der Waals surface area contributed by atoms with E-state index in [1.807, 2.05) is 0 Å². The maximum atomic E-state index is 11.4. The first-order chi connectivity index (χ1) is 8.11. The van der Waals surface area contributed by atoms with Crippen LogP contribution in [0.25, 0.3) is 0 Å². The summed E-state index contributed by atoms with van der Waals surface area (Å²) in [5.74, 6) is 0. The first-order valence-electron chi connectivity index (χ1n) is 5.32. The molecule has 3 heterocycles. The van der Waals surface area contributed by atoms with Crippen molar-refractivity contribution in [3.8, 4) is 6.01 Å². The summed E-state index contributed by atoms with van der Waals surface area (Å²) in [6.07, 6.45) is -1.17. The van der Waals surface area contributed by atoms with E-state index in [2.05, 4.69) is 4.98 Å². The second-order valence-electron chi connectivity index (χ2n) is 4.24. The summed E-state index contributed by atoms with van der Waals surface area (Å²) in [4.78, 5) is 15.1. The molecule has 4 atom stereocenters. The standard InChI is InChI=1S/C10H12N2O5/c1-4-2-12-9-7(6(14)5(3-13)16-9)17-10(12)11-8(4)15/h2,5-7,9,13-14H,3H2,1H3/t5-,6+,7?,9?/m1/s1. The van der Waals surface area contributed by atoms with E-state index >= 15 is 0 Å². The third-order valence-corrected chi connectivity index (χ3v) is 3.10. The van der Waals surface area contributed by atoms with Gasteiger partial charge in [0, 0.05) is 11.8 Å². The number of ether oxygens (including phenoxy) is 2. The zero-order chi connectivity index (χ0) is 12.2. The van der Waals surface area contributed by atoms with Gasteiger partial charge in [-0.1, -0.05) is 0 Å². The molecule has 1 aromatic heterocycles. The highest BCUT2D eigenvalue weighted by molar-refractivity contribution is 5.15. The van der Waals surface area contributed by atoms with Crippen LogP contribution in [0.1, 0.15) is 11.8 Å². The topological polar surface area (TPSA) is 93.8 Å². The summed E-state index contributed by atoms with van der Waals surface area (Å²) in [7, 11) is 0. The number of aliphatic hydroxyl groups is 2. The van der Waals surface area contributed by atoms with Crippen molar-refractivity contribution in [2.24, 2.45) is 0 Å². The number of nitrogens with zero attached hydrogens (tertiary/aromatic N) is 2. The monoisotopic (exact) mass is 240 g/mol. The molecule has 2 N–H and O–H groups in total. The summed E-state index contributed by atoms with van der Waals surface area (Å²) in [5.41, 5.74) is 0.118. The smallest absolute Gasteiger partial charge is 0.302 e. The van der Waals surface area contributed by atoms with Crippen LogP contribution in [-0.4, -0.2) is 44.7 Å². The van der Waals surface area contributed by atoms with Crippen LogP contribution in [-0.2, 0) is 4.74 Å². The number of hydrogen-bond donors (Lipinski definition) is 2. The number of aryl methyl sites for hydroxylation is 1. The number of fused-ring (bicyclic) bond motifs is 3. The van der Waals surface area contributed by atoms with Crippen molar-refractivity contribution in [3.05, 3.63) is 22.1 Å². The predicted molar refractivity (Wildman–Crippen MR) is 54.7 cm³/mol. The maximum Gasteiger partial charge on any atom is 0.302 e. The molecule has 17 heavy (non-hydrogen) atoms. The van der Waals surface area contributed by atoms with Gasteiger partial charge in [-0.3, -0.25) is 9.36 Å². The fraction of sp³-hybridized carbons (Fsp3) is 0.600. The van der Waals surface area contributed by atoms with Crippen LogP contribution in [0.4, 0.5) is 0 Å². The van der Waals surface area contributed by atoms with Gasteiger partial charge in [-0.2, -0.15) is 4.98 Å². The van der Waals surface area contributed by atoms with Gasteiger partial charge in [-0.25, -0.2) is 0 Å². The molecule has 7 heteroatoms. The van der Waals surface area contributed by atoms with Crippen LogP contribution in [0.2, 0.25) is 0 Å². The molecule has 0 amide bonds. The molecule has 0 aliphatic carbocycles. The fourth-order valence-corrected chi connectivity index (χ4v) is 2.16. The molecule has 2 aliphatic heterocycles. The molecule has 2 unspecified atom stereocenters. The summed E-state index contributed by atoms with van der Waals surface area (Å²) in [6.45, 7) is 1.37. The Morgan fingerprint density at radius 1 is 1.59 bits per heavy atom. The van der Waals surface area contributed by atoms with Crippen LogP contribution < -0.4 is 10.3 Å². The molecule has 0 spiro atoms. The van der Waals surface area contributed by atoms with Crippen molar-refractivity contribution in [3.63, 3.8) is 0 Å². The Bertz CT molecular complexity index is 514. The predicted octanol–water partition coefficient (Wildman–Crippen LogP) is -1.44. The second-order valence-corrected chi connectivity index (χ2v) is 4.24. The maximum absolute atomic E-state index is 11.4. The quantitative estimate of drug-likeness (QED) is 0.624. The van der Waals surface area contributed by atoms with Crippen molar-refractivity contribution < 1.29 is 19.7 Å². The third kappa shape index (κ3) is 1.40. The lowest BCUT2D eigenvalue weighted by Crippen LogP contribution is -2.34. The van der Waals surface area contributed by atoms with Crippen LogP contribution in [0.3, 0.4) is 0 Å². The molecule has 1 saturated heterocycles. The summed E-state index contributed by atoms with van der Waals surface area (Å²) >= 11 is 0. The van der Waals surface area contributed by atoms with E-state index in [1.54, 1.807) is 17.7 Å². The molecule has 1 aromatic rings. The largest absolute Gasteiger partial charge is 0.453 e. The highest BCUT2D eigenvalue weighted by Gasteiger charge is 2.50. The Morgan fingerprint density at radius 3 is 3.06 bits per heavy atom. The van der Waals surface area contributed by atoms with E-state index in [4.69, 9.17) is 14.6 Å². The Morgan fingerprint density at radius 2 is 2.35 bits per heavy atom. The minimum atomic E-state index is -0.929. The Hall–Kier alpha value is -1.44. The molecule has 2 aliphatic rings. The van der Waals surface area contributed by atoms with E-state index in [1.165, 1.54) is 0 Å². The molecule has 3 rings (SSSR count). The molecule has 0 saturated carbocycles. The number of hydrogen-bond acceptors (Lipinski definition) is 6. The van der Waals surface area contributed by atoms with Gasteiger partial charge in [0.05, 0.1) is 6.61 Å². The van der Waals surface area contributed by atoms with Gasteiger partial charge in [0.25, 0.3) is 5.56 Å². The Kier molecular flexibility index (Phi) is 2.22. The van der Waals surface area contributed by atoms with Crippen LogP contribution in [0.5, 0.6) is 6.01 Å². The molecule has 7 nitrogen and oxygen atoms in total. The normalized spacial score (nSPS) is 34.3. The van der Waals surface area contributed by atoms with E-state index in [9.17, 15) is 9.90 Å². The second kappa shape index (κ2) is 3.52. The van der Waals surface area contributed by atoms with Crippen molar-refractivity contribution in [2.45, 2.75) is 31.5 Å². The highest BCUT2D eigenvalue weighted by Crippen LogP contribution is 2.38. The number of aliphatic hydroxyl groups excluding tert-OH is 2. The highest BCUT2D eigenvalue weighted by atomic mass is 16.6. The van der Waals surface area contributed by atoms with Crippen LogP contribution in [0.15, 0.2) is 11.0 Å².